The number of rotatable bonds is 2. The molecule has 130 valence electrons. The molecule has 5 rings (SSSR count). The van der Waals surface area contributed by atoms with Gasteiger partial charge >= 0.3 is 0 Å². The number of aromatic nitrogens is 1. The van der Waals surface area contributed by atoms with Crippen LogP contribution in [0.4, 0.5) is 0 Å². The molecule has 4 aromatic rings. The highest BCUT2D eigenvalue weighted by Crippen LogP contribution is 2.37. The topological polar surface area (TPSA) is 33.3 Å². The van der Waals surface area contributed by atoms with Crippen LogP contribution in [0.2, 0.25) is 0 Å². The quantitative estimate of drug-likeness (QED) is 0.466. The number of phenolic OH excluding ortho intramolecular Hbond substituents is 1. The molecular weight excluding hydrogens is 334 g/mol. The maximum absolute atomic E-state index is 10.2. The molecule has 0 unspecified atom stereocenters. The van der Waals surface area contributed by atoms with Crippen molar-refractivity contribution in [2.45, 2.75) is 0 Å². The maximum Gasteiger partial charge on any atom is 0.227 e. The molecule has 0 saturated carbocycles. The minimum Gasteiger partial charge on any atom is -0.504 e. The van der Waals surface area contributed by atoms with Crippen molar-refractivity contribution in [2.24, 2.45) is 0 Å². The molecule has 1 N–H and O–H groups in total. The summed E-state index contributed by atoms with van der Waals surface area (Å²) >= 11 is 0. The number of hydrogen-bond donors (Lipinski definition) is 1. The molecular formula is C24H18NO2+. The molecule has 0 radical (unpaired) electrons. The van der Waals surface area contributed by atoms with Gasteiger partial charge in [-0.05, 0) is 41.3 Å². The van der Waals surface area contributed by atoms with Crippen LogP contribution < -0.4 is 9.30 Å². The highest BCUT2D eigenvalue weighted by atomic mass is 16.5. The first-order chi connectivity index (χ1) is 13.3. The molecule has 0 amide bonds. The van der Waals surface area contributed by atoms with Gasteiger partial charge in [0.1, 0.15) is 0 Å². The lowest BCUT2D eigenvalue weighted by Crippen LogP contribution is -2.30. The lowest BCUT2D eigenvalue weighted by atomic mass is 9.98. The van der Waals surface area contributed by atoms with E-state index >= 15 is 0 Å². The number of fused-ring (bicyclic) bond motifs is 5. The first-order valence-corrected chi connectivity index (χ1v) is 8.88. The van der Waals surface area contributed by atoms with E-state index in [-0.39, 0.29) is 5.75 Å². The summed E-state index contributed by atoms with van der Waals surface area (Å²) in [5.74, 6) is 0.619. The minimum absolute atomic E-state index is 0.143. The third kappa shape index (κ3) is 2.40. The number of aromatic hydroxyl groups is 1. The highest BCUT2D eigenvalue weighted by molar-refractivity contribution is 6.02. The van der Waals surface area contributed by atoms with Gasteiger partial charge in [0.15, 0.2) is 17.7 Å². The number of ether oxygens (including phenoxy) is 1. The second kappa shape index (κ2) is 5.99. The summed E-state index contributed by atoms with van der Waals surface area (Å²) in [6.07, 6.45) is 4.26. The fourth-order valence-corrected chi connectivity index (χ4v) is 3.84. The third-order valence-corrected chi connectivity index (χ3v) is 5.08. The summed E-state index contributed by atoms with van der Waals surface area (Å²) in [5.41, 5.74) is 5.60. The Bertz CT molecular complexity index is 1220. The predicted octanol–water partition coefficient (Wildman–Crippen LogP) is 4.73. The van der Waals surface area contributed by atoms with Crippen LogP contribution in [0.3, 0.4) is 0 Å². The zero-order valence-electron chi connectivity index (χ0n) is 14.9. The fraction of sp³-hybridized carbons (Fsp3) is 0.0417. The van der Waals surface area contributed by atoms with Gasteiger partial charge in [0.05, 0.1) is 23.6 Å². The zero-order chi connectivity index (χ0) is 18.4. The molecule has 27 heavy (non-hydrogen) atoms. The lowest BCUT2D eigenvalue weighted by Gasteiger charge is -2.05. The van der Waals surface area contributed by atoms with Gasteiger partial charge in [-0.1, -0.05) is 36.4 Å². The van der Waals surface area contributed by atoms with Crippen molar-refractivity contribution in [1.29, 1.82) is 0 Å². The molecule has 0 saturated heterocycles. The van der Waals surface area contributed by atoms with Crippen LogP contribution in [-0.2, 0) is 0 Å². The van der Waals surface area contributed by atoms with E-state index in [4.69, 9.17) is 4.74 Å². The molecule has 3 aromatic carbocycles. The molecule has 1 aromatic heterocycles. The maximum atomic E-state index is 10.2. The molecule has 3 nitrogen and oxygen atoms in total. The summed E-state index contributed by atoms with van der Waals surface area (Å²) in [6, 6.07) is 24.5. The monoisotopic (exact) mass is 352 g/mol. The van der Waals surface area contributed by atoms with E-state index in [0.717, 1.165) is 11.1 Å². The Kier molecular flexibility index (Phi) is 3.47. The summed E-state index contributed by atoms with van der Waals surface area (Å²) in [7, 11) is 1.55. The molecule has 0 bridgehead atoms. The van der Waals surface area contributed by atoms with Gasteiger partial charge < -0.3 is 9.84 Å². The van der Waals surface area contributed by atoms with Gasteiger partial charge in [0, 0.05) is 12.1 Å². The van der Waals surface area contributed by atoms with Crippen LogP contribution in [0.25, 0.3) is 28.1 Å². The number of para-hydroxylation sites is 1. The van der Waals surface area contributed by atoms with Crippen LogP contribution in [0.5, 0.6) is 11.5 Å². The average molecular weight is 352 g/mol. The van der Waals surface area contributed by atoms with Crippen molar-refractivity contribution in [3.63, 3.8) is 0 Å². The Hall–Kier alpha value is -3.59. The fourth-order valence-electron chi connectivity index (χ4n) is 3.84. The van der Waals surface area contributed by atoms with E-state index in [0.29, 0.717) is 5.75 Å². The normalized spacial score (nSPS) is 13.6. The van der Waals surface area contributed by atoms with Gasteiger partial charge in [-0.3, -0.25) is 0 Å². The molecule has 0 aliphatic carbocycles. The molecule has 0 fully saturated rings. The number of benzene rings is 3. The van der Waals surface area contributed by atoms with Crippen molar-refractivity contribution >= 4 is 22.4 Å². The van der Waals surface area contributed by atoms with E-state index in [9.17, 15) is 5.11 Å². The van der Waals surface area contributed by atoms with Crippen molar-refractivity contribution in [3.8, 4) is 17.2 Å². The molecule has 2 heterocycles. The summed E-state index contributed by atoms with van der Waals surface area (Å²) < 4.78 is 7.41. The average Bonchev–Trinajstić information content (AvgIpc) is 3.02. The van der Waals surface area contributed by atoms with Gasteiger partial charge in [-0.15, -0.1) is 0 Å². The molecule has 1 aliphatic heterocycles. The molecule has 3 heteroatoms. The third-order valence-electron chi connectivity index (χ3n) is 5.08. The summed E-state index contributed by atoms with van der Waals surface area (Å²) in [4.78, 5) is 0. The second-order valence-electron chi connectivity index (χ2n) is 6.63. The first kappa shape index (κ1) is 15.6. The number of methoxy groups -OCH3 is 1. The largest absolute Gasteiger partial charge is 0.504 e. The second-order valence-corrected chi connectivity index (χ2v) is 6.63. The Labute approximate surface area is 157 Å². The van der Waals surface area contributed by atoms with Crippen molar-refractivity contribution in [1.82, 2.24) is 0 Å². The van der Waals surface area contributed by atoms with Crippen LogP contribution in [0.1, 0.15) is 16.8 Å². The standard InChI is InChI=1S/C24H17NO2/c1-27-23-11-10-16(15-22(23)26)14-20-19-8-4-5-9-21(19)25-13-12-17-6-2-3-7-18(17)24(20)25/h2-15H,1H3/p+1/b20-14+. The van der Waals surface area contributed by atoms with Gasteiger partial charge in [-0.25, -0.2) is 0 Å². The Morgan fingerprint density at radius 2 is 1.74 bits per heavy atom. The van der Waals surface area contributed by atoms with Crippen molar-refractivity contribution in [3.05, 3.63) is 95.8 Å². The summed E-state index contributed by atoms with van der Waals surface area (Å²) in [6.45, 7) is 0. The minimum atomic E-state index is 0.143. The number of pyridine rings is 1. The zero-order valence-corrected chi connectivity index (χ0v) is 14.9. The van der Waals surface area contributed by atoms with E-state index in [1.54, 1.807) is 19.2 Å². The molecule has 0 spiro atoms. The van der Waals surface area contributed by atoms with E-state index < -0.39 is 0 Å². The van der Waals surface area contributed by atoms with Gasteiger partial charge in [-0.2, -0.15) is 4.57 Å². The number of hydrogen-bond acceptors (Lipinski definition) is 2. The van der Waals surface area contributed by atoms with Crippen LogP contribution in [0, 0.1) is 0 Å². The van der Waals surface area contributed by atoms with Gasteiger partial charge in [0.25, 0.3) is 0 Å². The van der Waals surface area contributed by atoms with E-state index in [1.165, 1.54) is 27.7 Å². The Morgan fingerprint density at radius 1 is 0.926 bits per heavy atom. The van der Waals surface area contributed by atoms with E-state index in [1.807, 2.05) is 6.07 Å². The van der Waals surface area contributed by atoms with Crippen LogP contribution in [0.15, 0.2) is 79.0 Å². The number of nitrogens with zero attached hydrogens (tertiary/aromatic N) is 1. The van der Waals surface area contributed by atoms with Crippen LogP contribution >= 0.6 is 0 Å². The van der Waals surface area contributed by atoms with Crippen molar-refractivity contribution in [2.75, 3.05) is 7.11 Å². The summed E-state index contributed by atoms with van der Waals surface area (Å²) in [5, 5.41) is 12.6. The predicted molar refractivity (Wildman–Crippen MR) is 107 cm³/mol. The Balaban J connectivity index is 1.80. The van der Waals surface area contributed by atoms with Crippen molar-refractivity contribution < 1.29 is 14.4 Å². The smallest absolute Gasteiger partial charge is 0.227 e. The lowest BCUT2D eigenvalue weighted by molar-refractivity contribution is -0.592. The Morgan fingerprint density at radius 3 is 2.59 bits per heavy atom. The van der Waals surface area contributed by atoms with Gasteiger partial charge in [0.2, 0.25) is 11.4 Å². The highest BCUT2D eigenvalue weighted by Gasteiger charge is 2.33. The van der Waals surface area contributed by atoms with E-state index in [2.05, 4.69) is 71.4 Å². The molecule has 0 atom stereocenters. The van der Waals surface area contributed by atoms with Crippen LogP contribution in [-0.4, -0.2) is 12.2 Å². The SMILES string of the molecule is COc1ccc(/C=C2\c3ccccc3-[n+]3ccc4ccccc4c32)cc1O. The number of phenols is 1. The molecule has 1 aliphatic rings. The first-order valence-electron chi connectivity index (χ1n) is 8.88.